The molecule has 3 rings (SSSR count). The lowest BCUT2D eigenvalue weighted by atomic mass is 10.1. The Kier molecular flexibility index (Phi) is 4.61. The molecule has 0 spiro atoms. The average molecular weight is 314 g/mol. The first-order valence-electron chi connectivity index (χ1n) is 8.37. The number of nitrogens with zero attached hydrogens (tertiary/aromatic N) is 5. The van der Waals surface area contributed by atoms with E-state index in [4.69, 9.17) is 0 Å². The summed E-state index contributed by atoms with van der Waals surface area (Å²) in [5.41, 5.74) is 1.11. The number of likely N-dealkylation sites (tertiary alicyclic amines) is 1. The first-order valence-corrected chi connectivity index (χ1v) is 8.37. The summed E-state index contributed by atoms with van der Waals surface area (Å²) < 4.78 is 2.25. The van der Waals surface area contributed by atoms with Crippen molar-refractivity contribution in [3.63, 3.8) is 0 Å². The molecule has 0 radical (unpaired) electrons. The number of anilines is 1. The van der Waals surface area contributed by atoms with Crippen LogP contribution in [0.2, 0.25) is 0 Å². The van der Waals surface area contributed by atoms with Gasteiger partial charge in [-0.3, -0.25) is 4.90 Å². The Bertz CT molecular complexity index is 663. The van der Waals surface area contributed by atoms with Crippen molar-refractivity contribution in [2.24, 2.45) is 0 Å². The van der Waals surface area contributed by atoms with Gasteiger partial charge in [0.05, 0.1) is 18.3 Å². The number of hydrogen-bond acceptors (Lipinski definition) is 5. The molecule has 3 heterocycles. The van der Waals surface area contributed by atoms with Crippen LogP contribution in [0, 0.1) is 6.92 Å². The maximum atomic E-state index is 4.68. The van der Waals surface area contributed by atoms with Crippen LogP contribution in [0.3, 0.4) is 0 Å². The molecular weight excluding hydrogens is 288 g/mol. The monoisotopic (exact) mass is 314 g/mol. The molecule has 1 fully saturated rings. The lowest BCUT2D eigenvalue weighted by molar-refractivity contribution is 0.233. The highest BCUT2D eigenvalue weighted by molar-refractivity contribution is 5.36. The topological polar surface area (TPSA) is 58.9 Å². The summed E-state index contributed by atoms with van der Waals surface area (Å²) in [7, 11) is 1.90. The molecule has 0 aliphatic carbocycles. The van der Waals surface area contributed by atoms with Crippen molar-refractivity contribution in [1.82, 2.24) is 24.4 Å². The van der Waals surface area contributed by atoms with E-state index in [0.29, 0.717) is 12.1 Å². The fraction of sp³-hybridized carbons (Fsp3) is 0.588. The quantitative estimate of drug-likeness (QED) is 0.919. The summed E-state index contributed by atoms with van der Waals surface area (Å²) in [6.07, 6.45) is 6.31. The van der Waals surface area contributed by atoms with Crippen molar-refractivity contribution in [1.29, 1.82) is 0 Å². The molecule has 124 valence electrons. The summed E-state index contributed by atoms with van der Waals surface area (Å²) in [5, 5.41) is 3.13. The minimum Gasteiger partial charge on any atom is -0.373 e. The highest BCUT2D eigenvalue weighted by Crippen LogP contribution is 2.33. The summed E-state index contributed by atoms with van der Waals surface area (Å²) in [4.78, 5) is 16.1. The van der Waals surface area contributed by atoms with E-state index in [1.54, 1.807) is 0 Å². The van der Waals surface area contributed by atoms with Crippen molar-refractivity contribution in [2.75, 3.05) is 18.9 Å². The second-order valence-electron chi connectivity index (χ2n) is 6.45. The number of imidazole rings is 1. The Labute approximate surface area is 138 Å². The van der Waals surface area contributed by atoms with E-state index in [1.165, 1.54) is 6.42 Å². The summed E-state index contributed by atoms with van der Waals surface area (Å²) in [5.74, 6) is 2.84. The van der Waals surface area contributed by atoms with Gasteiger partial charge in [0, 0.05) is 31.5 Å². The molecule has 0 amide bonds. The number of nitrogens with one attached hydrogen (secondary N) is 1. The zero-order valence-electron chi connectivity index (χ0n) is 14.5. The Morgan fingerprint density at radius 2 is 2.17 bits per heavy atom. The molecule has 1 aliphatic heterocycles. The molecule has 2 aromatic heterocycles. The van der Waals surface area contributed by atoms with E-state index >= 15 is 0 Å². The summed E-state index contributed by atoms with van der Waals surface area (Å²) in [6.45, 7) is 8.30. The van der Waals surface area contributed by atoms with Crippen molar-refractivity contribution < 1.29 is 0 Å². The molecular formula is C17H26N6. The van der Waals surface area contributed by atoms with Crippen LogP contribution >= 0.6 is 0 Å². The van der Waals surface area contributed by atoms with Crippen molar-refractivity contribution >= 4 is 5.82 Å². The molecule has 0 unspecified atom stereocenters. The van der Waals surface area contributed by atoms with E-state index < -0.39 is 0 Å². The standard InChI is InChI=1S/C17H26N6/c1-12(2)23-9-7-19-17(23)11-22-8-5-6-15(22)14-10-16(18-4)21-13(3)20-14/h7,9-10,12,15H,5-6,8,11H2,1-4H3,(H,18,20,21)/t15-/m0/s1. The minimum atomic E-state index is 0.348. The van der Waals surface area contributed by atoms with Crippen LogP contribution in [0.5, 0.6) is 0 Å². The van der Waals surface area contributed by atoms with E-state index in [1.807, 2.05) is 20.2 Å². The summed E-state index contributed by atoms with van der Waals surface area (Å²) >= 11 is 0. The van der Waals surface area contributed by atoms with Crippen molar-refractivity contribution in [3.05, 3.63) is 35.8 Å². The molecule has 2 aromatic rings. The summed E-state index contributed by atoms with van der Waals surface area (Å²) in [6, 6.07) is 2.86. The zero-order chi connectivity index (χ0) is 16.4. The Morgan fingerprint density at radius 3 is 2.91 bits per heavy atom. The van der Waals surface area contributed by atoms with E-state index in [2.05, 4.69) is 55.8 Å². The Morgan fingerprint density at radius 1 is 1.35 bits per heavy atom. The molecule has 0 bridgehead atoms. The van der Waals surface area contributed by atoms with Gasteiger partial charge in [0.25, 0.3) is 0 Å². The molecule has 6 nitrogen and oxygen atoms in total. The molecule has 1 atom stereocenters. The van der Waals surface area contributed by atoms with Gasteiger partial charge in [0.1, 0.15) is 17.5 Å². The van der Waals surface area contributed by atoms with Crippen LogP contribution in [0.1, 0.15) is 56.1 Å². The highest BCUT2D eigenvalue weighted by Gasteiger charge is 2.28. The fourth-order valence-corrected chi connectivity index (χ4v) is 3.36. The van der Waals surface area contributed by atoms with E-state index in [0.717, 1.165) is 42.7 Å². The third-order valence-corrected chi connectivity index (χ3v) is 4.47. The maximum absolute atomic E-state index is 4.68. The highest BCUT2D eigenvalue weighted by atomic mass is 15.2. The second-order valence-corrected chi connectivity index (χ2v) is 6.45. The predicted molar refractivity (Wildman–Crippen MR) is 91.3 cm³/mol. The molecule has 1 N–H and O–H groups in total. The number of rotatable bonds is 5. The lowest BCUT2D eigenvalue weighted by Gasteiger charge is -2.25. The van der Waals surface area contributed by atoms with Crippen LogP contribution in [0.25, 0.3) is 0 Å². The smallest absolute Gasteiger partial charge is 0.129 e. The second kappa shape index (κ2) is 6.66. The van der Waals surface area contributed by atoms with Crippen molar-refractivity contribution in [2.45, 2.75) is 52.2 Å². The predicted octanol–water partition coefficient (Wildman–Crippen LogP) is 2.94. The van der Waals surface area contributed by atoms with Gasteiger partial charge in [0.15, 0.2) is 0 Å². The van der Waals surface area contributed by atoms with Gasteiger partial charge in [-0.25, -0.2) is 15.0 Å². The average Bonchev–Trinajstić information content (AvgIpc) is 3.16. The van der Waals surface area contributed by atoms with Crippen LogP contribution < -0.4 is 5.32 Å². The molecule has 1 saturated heterocycles. The third kappa shape index (κ3) is 3.37. The Hall–Kier alpha value is -1.95. The molecule has 1 aliphatic rings. The van der Waals surface area contributed by atoms with Crippen LogP contribution in [0.15, 0.2) is 18.5 Å². The van der Waals surface area contributed by atoms with Gasteiger partial charge >= 0.3 is 0 Å². The van der Waals surface area contributed by atoms with Gasteiger partial charge < -0.3 is 9.88 Å². The molecule has 23 heavy (non-hydrogen) atoms. The fourth-order valence-electron chi connectivity index (χ4n) is 3.36. The first kappa shape index (κ1) is 15.9. The molecule has 0 saturated carbocycles. The van der Waals surface area contributed by atoms with Gasteiger partial charge in [-0.15, -0.1) is 0 Å². The Balaban J connectivity index is 1.83. The van der Waals surface area contributed by atoms with Gasteiger partial charge in [-0.1, -0.05) is 0 Å². The van der Waals surface area contributed by atoms with E-state index in [9.17, 15) is 0 Å². The number of hydrogen-bond donors (Lipinski definition) is 1. The molecule has 6 heteroatoms. The lowest BCUT2D eigenvalue weighted by Crippen LogP contribution is -2.26. The molecule has 0 aromatic carbocycles. The van der Waals surface area contributed by atoms with E-state index in [-0.39, 0.29) is 0 Å². The first-order chi connectivity index (χ1) is 11.1. The normalized spacial score (nSPS) is 18.7. The largest absolute Gasteiger partial charge is 0.373 e. The van der Waals surface area contributed by atoms with Gasteiger partial charge in [-0.2, -0.15) is 0 Å². The SMILES string of the molecule is CNc1cc([C@@H]2CCCN2Cc2nccn2C(C)C)nc(C)n1. The number of aryl methyl sites for hydroxylation is 1. The zero-order valence-corrected chi connectivity index (χ0v) is 14.5. The van der Waals surface area contributed by atoms with Gasteiger partial charge in [-0.05, 0) is 40.2 Å². The van der Waals surface area contributed by atoms with Crippen LogP contribution in [-0.4, -0.2) is 38.0 Å². The number of aromatic nitrogens is 4. The maximum Gasteiger partial charge on any atom is 0.129 e. The van der Waals surface area contributed by atoms with Crippen LogP contribution in [-0.2, 0) is 6.54 Å². The third-order valence-electron chi connectivity index (χ3n) is 4.47. The van der Waals surface area contributed by atoms with Crippen LogP contribution in [0.4, 0.5) is 5.82 Å². The van der Waals surface area contributed by atoms with Gasteiger partial charge in [0.2, 0.25) is 0 Å². The minimum absolute atomic E-state index is 0.348. The van der Waals surface area contributed by atoms with Crippen molar-refractivity contribution in [3.8, 4) is 0 Å².